The highest BCUT2D eigenvalue weighted by molar-refractivity contribution is 6.35. The number of benzene rings is 2. The maximum absolute atomic E-state index is 13.5. The molecule has 1 atom stereocenters. The predicted molar refractivity (Wildman–Crippen MR) is 125 cm³/mol. The number of halogens is 3. The SMILES string of the molecule is C[C@H](Nc1nc(N)nc(N)c1C#N)c1nc2cccc(Cl)c2c(=O)n1-c1cccc(C(F)F)c1. The number of hydrogen-bond acceptors (Lipinski definition) is 8. The third kappa shape index (κ3) is 4.06. The first kappa shape index (κ1) is 22.9. The Bertz CT molecular complexity index is 1520. The van der Waals surface area contributed by atoms with Crippen molar-refractivity contribution < 1.29 is 8.78 Å². The normalized spacial score (nSPS) is 12.0. The molecule has 0 amide bonds. The van der Waals surface area contributed by atoms with Crippen LogP contribution in [0.25, 0.3) is 16.6 Å². The van der Waals surface area contributed by atoms with Gasteiger partial charge in [-0.05, 0) is 31.2 Å². The summed E-state index contributed by atoms with van der Waals surface area (Å²) in [5.41, 5.74) is 11.1. The van der Waals surface area contributed by atoms with Crippen LogP contribution in [0.2, 0.25) is 5.02 Å². The average molecular weight is 483 g/mol. The van der Waals surface area contributed by atoms with Gasteiger partial charge in [-0.2, -0.15) is 15.2 Å². The lowest BCUT2D eigenvalue weighted by Gasteiger charge is -2.21. The van der Waals surface area contributed by atoms with Gasteiger partial charge in [-0.1, -0.05) is 29.8 Å². The Kier molecular flexibility index (Phi) is 6.00. The molecule has 0 saturated carbocycles. The number of nitrogens with one attached hydrogen (secondary N) is 1. The van der Waals surface area contributed by atoms with E-state index in [2.05, 4.69) is 20.3 Å². The summed E-state index contributed by atoms with van der Waals surface area (Å²) in [6.07, 6.45) is -2.74. The van der Waals surface area contributed by atoms with E-state index in [-0.39, 0.29) is 50.6 Å². The van der Waals surface area contributed by atoms with Gasteiger partial charge in [-0.15, -0.1) is 0 Å². The zero-order valence-corrected chi connectivity index (χ0v) is 18.4. The fraction of sp³-hybridized carbons (Fsp3) is 0.136. The lowest BCUT2D eigenvalue weighted by atomic mass is 10.1. The number of fused-ring (bicyclic) bond motifs is 1. The molecule has 0 unspecified atom stereocenters. The van der Waals surface area contributed by atoms with Crippen LogP contribution in [0.3, 0.4) is 0 Å². The zero-order valence-electron chi connectivity index (χ0n) is 17.6. The maximum Gasteiger partial charge on any atom is 0.267 e. The highest BCUT2D eigenvalue weighted by atomic mass is 35.5. The molecule has 2 heterocycles. The van der Waals surface area contributed by atoms with Crippen LogP contribution in [0, 0.1) is 11.3 Å². The number of hydrogen-bond donors (Lipinski definition) is 3. The standard InChI is InChI=1S/C22H17ClF2N8O/c1-10(29-19-13(9-26)18(27)31-22(28)32-19)20-30-15-7-3-6-14(23)16(15)21(34)33(20)12-5-2-4-11(8-12)17(24)25/h2-8,10,17H,1H3,(H5,27,28,29,31,32)/t10-/m0/s1. The number of nitrogens with two attached hydrogens (primary N) is 2. The van der Waals surface area contributed by atoms with Crippen LogP contribution in [0.1, 0.15) is 36.3 Å². The van der Waals surface area contributed by atoms with E-state index < -0.39 is 18.0 Å². The molecule has 0 saturated heterocycles. The Labute approximate surface area is 196 Å². The summed E-state index contributed by atoms with van der Waals surface area (Å²) in [5.74, 6) is -0.0874. The van der Waals surface area contributed by atoms with Gasteiger partial charge in [0.1, 0.15) is 23.3 Å². The Hall–Kier alpha value is -4.30. The Morgan fingerprint density at radius 2 is 1.88 bits per heavy atom. The fourth-order valence-electron chi connectivity index (χ4n) is 3.53. The number of anilines is 3. The summed E-state index contributed by atoms with van der Waals surface area (Å²) in [6.45, 7) is 1.65. The fourth-order valence-corrected chi connectivity index (χ4v) is 3.78. The van der Waals surface area contributed by atoms with Crippen LogP contribution in [0.5, 0.6) is 0 Å². The summed E-state index contributed by atoms with van der Waals surface area (Å²) in [7, 11) is 0. The molecule has 172 valence electrons. The van der Waals surface area contributed by atoms with Crippen molar-refractivity contribution in [1.82, 2.24) is 19.5 Å². The van der Waals surface area contributed by atoms with Crippen LogP contribution in [0.15, 0.2) is 47.3 Å². The van der Waals surface area contributed by atoms with Crippen molar-refractivity contribution in [2.24, 2.45) is 0 Å². The molecular formula is C22H17ClF2N8O. The van der Waals surface area contributed by atoms with Crippen LogP contribution in [-0.4, -0.2) is 19.5 Å². The first-order valence-corrected chi connectivity index (χ1v) is 10.3. The molecule has 4 aromatic rings. The molecular weight excluding hydrogens is 466 g/mol. The topological polar surface area (TPSA) is 149 Å². The number of rotatable bonds is 5. The van der Waals surface area contributed by atoms with Crippen molar-refractivity contribution in [3.05, 3.63) is 74.8 Å². The van der Waals surface area contributed by atoms with Crippen molar-refractivity contribution in [3.63, 3.8) is 0 Å². The van der Waals surface area contributed by atoms with E-state index in [0.29, 0.717) is 5.52 Å². The van der Waals surface area contributed by atoms with Crippen molar-refractivity contribution in [2.45, 2.75) is 19.4 Å². The highest BCUT2D eigenvalue weighted by Crippen LogP contribution is 2.28. The number of nitrogens with zero attached hydrogens (tertiary/aromatic N) is 5. The summed E-state index contributed by atoms with van der Waals surface area (Å²) >= 11 is 6.27. The van der Waals surface area contributed by atoms with Crippen LogP contribution in [0.4, 0.5) is 26.4 Å². The van der Waals surface area contributed by atoms with Crippen LogP contribution in [-0.2, 0) is 0 Å². The van der Waals surface area contributed by atoms with E-state index in [9.17, 15) is 18.8 Å². The van der Waals surface area contributed by atoms with E-state index >= 15 is 0 Å². The van der Waals surface area contributed by atoms with Gasteiger partial charge in [0.05, 0.1) is 27.7 Å². The quantitative estimate of drug-likeness (QED) is 0.386. The second kappa shape index (κ2) is 8.92. The van der Waals surface area contributed by atoms with Crippen molar-refractivity contribution in [1.29, 1.82) is 5.26 Å². The van der Waals surface area contributed by atoms with Gasteiger partial charge in [-0.25, -0.2) is 13.8 Å². The van der Waals surface area contributed by atoms with Gasteiger partial charge in [-0.3, -0.25) is 9.36 Å². The third-order valence-corrected chi connectivity index (χ3v) is 5.37. The van der Waals surface area contributed by atoms with Gasteiger partial charge >= 0.3 is 0 Å². The molecule has 0 bridgehead atoms. The molecule has 12 heteroatoms. The molecule has 0 spiro atoms. The summed E-state index contributed by atoms with van der Waals surface area (Å²) in [4.78, 5) is 25.9. The molecule has 9 nitrogen and oxygen atoms in total. The molecule has 34 heavy (non-hydrogen) atoms. The summed E-state index contributed by atoms with van der Waals surface area (Å²) in [5, 5.41) is 12.7. The second-order valence-corrected chi connectivity index (χ2v) is 7.72. The van der Waals surface area contributed by atoms with Gasteiger partial charge in [0.25, 0.3) is 12.0 Å². The Morgan fingerprint density at radius 1 is 1.15 bits per heavy atom. The van der Waals surface area contributed by atoms with Crippen molar-refractivity contribution in [2.75, 3.05) is 16.8 Å². The molecule has 5 N–H and O–H groups in total. The largest absolute Gasteiger partial charge is 0.382 e. The molecule has 2 aromatic heterocycles. The minimum atomic E-state index is -2.74. The number of alkyl halides is 2. The van der Waals surface area contributed by atoms with Crippen LogP contribution >= 0.6 is 11.6 Å². The molecule has 4 rings (SSSR count). The zero-order chi connectivity index (χ0) is 24.6. The Morgan fingerprint density at radius 3 is 2.59 bits per heavy atom. The molecule has 0 radical (unpaired) electrons. The van der Waals surface area contributed by atoms with Crippen molar-refractivity contribution in [3.8, 4) is 11.8 Å². The monoisotopic (exact) mass is 482 g/mol. The number of nitriles is 1. The van der Waals surface area contributed by atoms with E-state index in [4.69, 9.17) is 23.1 Å². The molecule has 2 aromatic carbocycles. The average Bonchev–Trinajstić information content (AvgIpc) is 2.78. The maximum atomic E-state index is 13.5. The smallest absolute Gasteiger partial charge is 0.267 e. The number of aromatic nitrogens is 4. The lowest BCUT2D eigenvalue weighted by molar-refractivity contribution is 0.151. The molecule has 0 aliphatic rings. The molecule has 0 aliphatic carbocycles. The van der Waals surface area contributed by atoms with E-state index in [0.717, 1.165) is 0 Å². The Balaban J connectivity index is 1.96. The van der Waals surface area contributed by atoms with E-state index in [1.54, 1.807) is 25.1 Å². The van der Waals surface area contributed by atoms with Gasteiger partial charge in [0.2, 0.25) is 5.95 Å². The van der Waals surface area contributed by atoms with Crippen LogP contribution < -0.4 is 22.3 Å². The van der Waals surface area contributed by atoms with E-state index in [1.165, 1.54) is 28.8 Å². The van der Waals surface area contributed by atoms with Gasteiger partial charge in [0, 0.05) is 5.56 Å². The summed E-state index contributed by atoms with van der Waals surface area (Å²) < 4.78 is 28.0. The minimum absolute atomic E-state index is 0.0355. The first-order valence-electron chi connectivity index (χ1n) is 9.90. The lowest BCUT2D eigenvalue weighted by Crippen LogP contribution is -2.28. The minimum Gasteiger partial charge on any atom is -0.382 e. The predicted octanol–water partition coefficient (Wildman–Crippen LogP) is 3.98. The van der Waals surface area contributed by atoms with Crippen molar-refractivity contribution >= 4 is 40.1 Å². The summed E-state index contributed by atoms with van der Waals surface area (Å²) in [6, 6.07) is 11.3. The van der Waals surface area contributed by atoms with Gasteiger partial charge in [0.15, 0.2) is 5.82 Å². The second-order valence-electron chi connectivity index (χ2n) is 7.31. The highest BCUT2D eigenvalue weighted by Gasteiger charge is 2.22. The molecule has 0 fully saturated rings. The van der Waals surface area contributed by atoms with Gasteiger partial charge < -0.3 is 16.8 Å². The molecule has 0 aliphatic heterocycles. The third-order valence-electron chi connectivity index (χ3n) is 5.06. The number of nitrogen functional groups attached to an aromatic ring is 2. The first-order chi connectivity index (χ1) is 16.2. The van der Waals surface area contributed by atoms with E-state index in [1.807, 2.05) is 6.07 Å².